The molecule has 7 nitrogen and oxygen atoms in total. The Morgan fingerprint density at radius 1 is 1.07 bits per heavy atom. The van der Waals surface area contributed by atoms with Crippen LogP contribution in [0.1, 0.15) is 38.5 Å². The van der Waals surface area contributed by atoms with Gasteiger partial charge in [0.05, 0.1) is 6.10 Å². The van der Waals surface area contributed by atoms with E-state index >= 15 is 0 Å². The molecule has 1 aromatic heterocycles. The quantitative estimate of drug-likeness (QED) is 0.814. The zero-order valence-electron chi connectivity index (χ0n) is 17.6. The Kier molecular flexibility index (Phi) is 5.91. The third kappa shape index (κ3) is 4.32. The van der Waals surface area contributed by atoms with Crippen LogP contribution in [-0.2, 0) is 9.53 Å². The van der Waals surface area contributed by atoms with E-state index in [-0.39, 0.29) is 17.9 Å². The molecule has 3 saturated heterocycles. The van der Waals surface area contributed by atoms with Crippen molar-refractivity contribution >= 4 is 23.0 Å². The summed E-state index contributed by atoms with van der Waals surface area (Å²) < 4.78 is 11.5. The molecule has 0 spiro atoms. The summed E-state index contributed by atoms with van der Waals surface area (Å²) in [7, 11) is 0. The van der Waals surface area contributed by atoms with Crippen LogP contribution in [0.5, 0.6) is 0 Å². The number of hydrogen-bond donors (Lipinski definition) is 1. The first-order valence-electron chi connectivity index (χ1n) is 11.5. The predicted octanol–water partition coefficient (Wildman–Crippen LogP) is 2.80. The second-order valence-corrected chi connectivity index (χ2v) is 8.87. The zero-order valence-corrected chi connectivity index (χ0v) is 17.6. The largest absolute Gasteiger partial charge is 0.423 e. The summed E-state index contributed by atoms with van der Waals surface area (Å²) in [5.74, 6) is 0.374. The van der Waals surface area contributed by atoms with Crippen molar-refractivity contribution in [1.29, 1.82) is 0 Å². The number of oxazole rings is 1. The molecular weight excluding hydrogens is 380 g/mol. The fourth-order valence-electron chi connectivity index (χ4n) is 5.11. The molecule has 3 aliphatic heterocycles. The first-order valence-corrected chi connectivity index (χ1v) is 11.5. The number of carbonyl (C=O) groups is 1. The Balaban J connectivity index is 1.07. The second kappa shape index (κ2) is 8.94. The lowest BCUT2D eigenvalue weighted by molar-refractivity contribution is -0.127. The van der Waals surface area contributed by atoms with Crippen LogP contribution in [0, 0.1) is 5.92 Å². The SMILES string of the molecule is O=C(NCC1CCCO1)C1CCN(C2CCN(c3nc4ccccc4o3)CC2)CC1. The second-order valence-electron chi connectivity index (χ2n) is 8.87. The highest BCUT2D eigenvalue weighted by Gasteiger charge is 2.32. The van der Waals surface area contributed by atoms with E-state index in [1.54, 1.807) is 0 Å². The van der Waals surface area contributed by atoms with Gasteiger partial charge in [-0.1, -0.05) is 12.1 Å². The maximum absolute atomic E-state index is 12.5. The van der Waals surface area contributed by atoms with Crippen LogP contribution in [-0.4, -0.2) is 67.3 Å². The number of piperidine rings is 2. The number of anilines is 1. The summed E-state index contributed by atoms with van der Waals surface area (Å²) >= 11 is 0. The number of amides is 1. The lowest BCUT2D eigenvalue weighted by atomic mass is 9.93. The number of para-hydroxylation sites is 2. The summed E-state index contributed by atoms with van der Waals surface area (Å²) in [5, 5.41) is 3.12. The van der Waals surface area contributed by atoms with Crippen molar-refractivity contribution in [3.05, 3.63) is 24.3 Å². The molecular formula is C23H32N4O3. The van der Waals surface area contributed by atoms with E-state index in [1.165, 1.54) is 0 Å². The molecule has 30 heavy (non-hydrogen) atoms. The molecule has 1 N–H and O–H groups in total. The summed E-state index contributed by atoms with van der Waals surface area (Å²) in [5.41, 5.74) is 1.78. The van der Waals surface area contributed by atoms with Gasteiger partial charge in [0, 0.05) is 38.2 Å². The molecule has 1 unspecified atom stereocenters. The molecule has 0 radical (unpaired) electrons. The maximum Gasteiger partial charge on any atom is 0.298 e. The lowest BCUT2D eigenvalue weighted by Gasteiger charge is -2.41. The van der Waals surface area contributed by atoms with Gasteiger partial charge in [-0.3, -0.25) is 4.79 Å². The van der Waals surface area contributed by atoms with E-state index in [9.17, 15) is 4.79 Å². The summed E-state index contributed by atoms with van der Waals surface area (Å²) in [4.78, 5) is 22.0. The molecule has 3 fully saturated rings. The van der Waals surface area contributed by atoms with Crippen molar-refractivity contribution in [1.82, 2.24) is 15.2 Å². The molecule has 0 aliphatic carbocycles. The van der Waals surface area contributed by atoms with Crippen molar-refractivity contribution in [2.45, 2.75) is 50.7 Å². The smallest absolute Gasteiger partial charge is 0.298 e. The van der Waals surface area contributed by atoms with Crippen LogP contribution in [0.25, 0.3) is 11.1 Å². The van der Waals surface area contributed by atoms with Crippen LogP contribution < -0.4 is 10.2 Å². The van der Waals surface area contributed by atoms with E-state index in [4.69, 9.17) is 9.15 Å². The standard InChI is InChI=1S/C23H32N4O3/c28-22(24-16-19-4-3-15-29-19)17-7-11-26(12-8-17)18-9-13-27(14-10-18)23-25-20-5-1-2-6-21(20)30-23/h1-2,5-6,17-19H,3-4,7-16H2,(H,24,28). The number of likely N-dealkylation sites (tertiary alicyclic amines) is 1. The van der Waals surface area contributed by atoms with Gasteiger partial charge in [0.2, 0.25) is 5.91 Å². The molecule has 2 aromatic rings. The number of aromatic nitrogens is 1. The average Bonchev–Trinajstić information content (AvgIpc) is 3.47. The van der Waals surface area contributed by atoms with Gasteiger partial charge in [-0.05, 0) is 63.7 Å². The van der Waals surface area contributed by atoms with Crippen molar-refractivity contribution < 1.29 is 13.9 Å². The van der Waals surface area contributed by atoms with Crippen molar-refractivity contribution in [3.8, 4) is 0 Å². The monoisotopic (exact) mass is 412 g/mol. The van der Waals surface area contributed by atoms with Crippen LogP contribution in [0.3, 0.4) is 0 Å². The van der Waals surface area contributed by atoms with Gasteiger partial charge in [0.1, 0.15) is 5.52 Å². The third-order valence-electron chi connectivity index (χ3n) is 6.96. The minimum atomic E-state index is 0.155. The fraction of sp³-hybridized carbons (Fsp3) is 0.652. The number of rotatable bonds is 5. The van der Waals surface area contributed by atoms with Gasteiger partial charge in [-0.25, -0.2) is 0 Å². The number of hydrogen-bond acceptors (Lipinski definition) is 6. The Hall–Kier alpha value is -2.12. The van der Waals surface area contributed by atoms with Crippen LogP contribution in [0.15, 0.2) is 28.7 Å². The minimum Gasteiger partial charge on any atom is -0.423 e. The summed E-state index contributed by atoms with van der Waals surface area (Å²) in [6.45, 7) is 5.49. The fourth-order valence-corrected chi connectivity index (χ4v) is 5.11. The summed E-state index contributed by atoms with van der Waals surface area (Å²) in [6, 6.07) is 9.29. The molecule has 3 aliphatic rings. The number of fused-ring (bicyclic) bond motifs is 1. The number of ether oxygens (including phenoxy) is 1. The average molecular weight is 413 g/mol. The van der Waals surface area contributed by atoms with E-state index in [0.29, 0.717) is 12.6 Å². The normalized spacial score (nSPS) is 24.5. The van der Waals surface area contributed by atoms with Crippen LogP contribution in [0.2, 0.25) is 0 Å². The van der Waals surface area contributed by atoms with E-state index < -0.39 is 0 Å². The topological polar surface area (TPSA) is 70.8 Å². The van der Waals surface area contributed by atoms with Crippen LogP contribution in [0.4, 0.5) is 6.01 Å². The van der Waals surface area contributed by atoms with Gasteiger partial charge in [-0.2, -0.15) is 4.98 Å². The van der Waals surface area contributed by atoms with Gasteiger partial charge < -0.3 is 24.3 Å². The van der Waals surface area contributed by atoms with Crippen molar-refractivity contribution in [3.63, 3.8) is 0 Å². The zero-order chi connectivity index (χ0) is 20.3. The molecule has 0 bridgehead atoms. The van der Waals surface area contributed by atoms with E-state index in [2.05, 4.69) is 20.1 Å². The molecule has 1 amide bonds. The molecule has 1 aromatic carbocycles. The van der Waals surface area contributed by atoms with Gasteiger partial charge in [0.25, 0.3) is 6.01 Å². The van der Waals surface area contributed by atoms with Crippen molar-refractivity contribution in [2.75, 3.05) is 44.2 Å². The van der Waals surface area contributed by atoms with E-state index in [0.717, 1.165) is 88.4 Å². The van der Waals surface area contributed by atoms with Crippen LogP contribution >= 0.6 is 0 Å². The van der Waals surface area contributed by atoms with Gasteiger partial charge in [0.15, 0.2) is 5.58 Å². The molecule has 7 heteroatoms. The molecule has 4 heterocycles. The Morgan fingerprint density at radius 3 is 2.60 bits per heavy atom. The number of benzene rings is 1. The van der Waals surface area contributed by atoms with Gasteiger partial charge in [-0.15, -0.1) is 0 Å². The predicted molar refractivity (Wildman–Crippen MR) is 116 cm³/mol. The molecule has 1 atom stereocenters. The highest BCUT2D eigenvalue weighted by atomic mass is 16.5. The Labute approximate surface area is 177 Å². The van der Waals surface area contributed by atoms with E-state index in [1.807, 2.05) is 24.3 Å². The highest BCUT2D eigenvalue weighted by molar-refractivity contribution is 5.78. The number of nitrogens with zero attached hydrogens (tertiary/aromatic N) is 3. The Bertz CT molecular complexity index is 814. The highest BCUT2D eigenvalue weighted by Crippen LogP contribution is 2.28. The Morgan fingerprint density at radius 2 is 1.87 bits per heavy atom. The lowest BCUT2D eigenvalue weighted by Crippen LogP contribution is -2.49. The first-order chi connectivity index (χ1) is 14.8. The number of carbonyl (C=O) groups excluding carboxylic acids is 1. The summed E-state index contributed by atoms with van der Waals surface area (Å²) in [6.07, 6.45) is 6.57. The third-order valence-corrected chi connectivity index (χ3v) is 6.96. The minimum absolute atomic E-state index is 0.155. The maximum atomic E-state index is 12.5. The van der Waals surface area contributed by atoms with Gasteiger partial charge >= 0.3 is 0 Å². The first kappa shape index (κ1) is 19.8. The number of nitrogens with one attached hydrogen (secondary N) is 1. The van der Waals surface area contributed by atoms with Crippen molar-refractivity contribution in [2.24, 2.45) is 5.92 Å². The molecule has 162 valence electrons. The molecule has 0 saturated carbocycles. The molecule has 5 rings (SSSR count).